The molecule has 2 amide bonds. The minimum absolute atomic E-state index is 0.0130. The van der Waals surface area contributed by atoms with Gasteiger partial charge in [0.05, 0.1) is 5.92 Å². The van der Waals surface area contributed by atoms with E-state index in [2.05, 4.69) is 9.97 Å². The lowest BCUT2D eigenvalue weighted by atomic mass is 9.88. The van der Waals surface area contributed by atoms with Crippen LogP contribution in [0.5, 0.6) is 0 Å². The van der Waals surface area contributed by atoms with Gasteiger partial charge in [0.1, 0.15) is 5.69 Å². The highest BCUT2D eigenvalue weighted by molar-refractivity contribution is 5.93. The minimum atomic E-state index is -0.0747. The fraction of sp³-hybridized carbons (Fsp3) is 0.389. The zero-order chi connectivity index (χ0) is 16.5. The fourth-order valence-electron chi connectivity index (χ4n) is 3.78. The molecule has 4 rings (SSSR count). The first kappa shape index (κ1) is 14.9. The standard InChI is InChI=1S/C18H20N4O2/c23-17-15-12-22(18(24)16-4-2-7-20-16)11-14(15)5-8-21(17)10-13-3-1-6-19-9-13/h1-4,6-7,9,14-15,20H,5,8,10-12H2. The molecule has 24 heavy (non-hydrogen) atoms. The van der Waals surface area contributed by atoms with Crippen LogP contribution in [-0.4, -0.2) is 51.2 Å². The number of nitrogens with one attached hydrogen (secondary N) is 1. The molecule has 0 aliphatic carbocycles. The van der Waals surface area contributed by atoms with Crippen LogP contribution in [0, 0.1) is 11.8 Å². The number of carbonyl (C=O) groups is 2. The summed E-state index contributed by atoms with van der Waals surface area (Å²) in [6.07, 6.45) is 6.23. The van der Waals surface area contributed by atoms with E-state index in [-0.39, 0.29) is 23.7 Å². The quantitative estimate of drug-likeness (QED) is 0.931. The van der Waals surface area contributed by atoms with Gasteiger partial charge in [0.15, 0.2) is 0 Å². The molecule has 124 valence electrons. The summed E-state index contributed by atoms with van der Waals surface area (Å²) < 4.78 is 0. The molecule has 0 saturated carbocycles. The van der Waals surface area contributed by atoms with Crippen molar-refractivity contribution in [3.05, 3.63) is 54.1 Å². The third-order valence-electron chi connectivity index (χ3n) is 5.05. The lowest BCUT2D eigenvalue weighted by Gasteiger charge is -2.33. The smallest absolute Gasteiger partial charge is 0.270 e. The second-order valence-electron chi connectivity index (χ2n) is 6.57. The first-order valence-corrected chi connectivity index (χ1v) is 8.33. The molecule has 0 spiro atoms. The zero-order valence-electron chi connectivity index (χ0n) is 13.4. The van der Waals surface area contributed by atoms with Crippen molar-refractivity contribution < 1.29 is 9.59 Å². The van der Waals surface area contributed by atoms with Crippen LogP contribution in [0.3, 0.4) is 0 Å². The van der Waals surface area contributed by atoms with E-state index in [0.717, 1.165) is 18.5 Å². The number of carbonyl (C=O) groups excluding carboxylic acids is 2. The van der Waals surface area contributed by atoms with Gasteiger partial charge in [-0.25, -0.2) is 0 Å². The minimum Gasteiger partial charge on any atom is -0.357 e. The van der Waals surface area contributed by atoms with Crippen LogP contribution >= 0.6 is 0 Å². The van der Waals surface area contributed by atoms with Gasteiger partial charge < -0.3 is 14.8 Å². The van der Waals surface area contributed by atoms with Crippen LogP contribution in [0.15, 0.2) is 42.9 Å². The molecule has 2 unspecified atom stereocenters. The topological polar surface area (TPSA) is 69.3 Å². The number of pyridine rings is 1. The maximum atomic E-state index is 12.8. The first-order valence-electron chi connectivity index (χ1n) is 8.33. The molecular formula is C18H20N4O2. The van der Waals surface area contributed by atoms with Crippen LogP contribution in [0.1, 0.15) is 22.5 Å². The molecule has 2 aromatic rings. The summed E-state index contributed by atoms with van der Waals surface area (Å²) in [5.74, 6) is 0.355. The van der Waals surface area contributed by atoms with E-state index in [0.29, 0.717) is 25.3 Å². The number of hydrogen-bond acceptors (Lipinski definition) is 3. The summed E-state index contributed by atoms with van der Waals surface area (Å²) in [6, 6.07) is 7.47. The van der Waals surface area contributed by atoms with Crippen molar-refractivity contribution in [2.45, 2.75) is 13.0 Å². The second-order valence-corrected chi connectivity index (χ2v) is 6.57. The van der Waals surface area contributed by atoms with Gasteiger partial charge in [-0.3, -0.25) is 14.6 Å². The summed E-state index contributed by atoms with van der Waals surface area (Å²) in [5.41, 5.74) is 1.63. The molecule has 2 atom stereocenters. The largest absolute Gasteiger partial charge is 0.357 e. The monoisotopic (exact) mass is 324 g/mol. The highest BCUT2D eigenvalue weighted by Gasteiger charge is 2.44. The molecule has 2 aliphatic heterocycles. The highest BCUT2D eigenvalue weighted by atomic mass is 16.2. The molecule has 2 saturated heterocycles. The molecule has 6 nitrogen and oxygen atoms in total. The average molecular weight is 324 g/mol. The van der Waals surface area contributed by atoms with Crippen molar-refractivity contribution >= 4 is 11.8 Å². The Kier molecular flexibility index (Phi) is 3.80. The number of piperidine rings is 1. The Hall–Kier alpha value is -2.63. The van der Waals surface area contributed by atoms with Gasteiger partial charge in [0.2, 0.25) is 5.91 Å². The molecule has 1 N–H and O–H groups in total. The summed E-state index contributed by atoms with van der Waals surface area (Å²) in [6.45, 7) is 2.54. The Morgan fingerprint density at radius 3 is 2.96 bits per heavy atom. The summed E-state index contributed by atoms with van der Waals surface area (Å²) in [4.78, 5) is 36.1. The number of aromatic nitrogens is 2. The van der Waals surface area contributed by atoms with E-state index in [1.165, 1.54) is 0 Å². The van der Waals surface area contributed by atoms with Crippen molar-refractivity contribution in [3.8, 4) is 0 Å². The van der Waals surface area contributed by atoms with Gasteiger partial charge in [-0.1, -0.05) is 6.07 Å². The molecule has 0 bridgehead atoms. The van der Waals surface area contributed by atoms with E-state index in [1.807, 2.05) is 28.0 Å². The average Bonchev–Trinajstić information content (AvgIpc) is 3.27. The van der Waals surface area contributed by atoms with Crippen molar-refractivity contribution in [2.24, 2.45) is 11.8 Å². The van der Waals surface area contributed by atoms with Gasteiger partial charge in [0.25, 0.3) is 5.91 Å². The van der Waals surface area contributed by atoms with E-state index < -0.39 is 0 Å². The van der Waals surface area contributed by atoms with E-state index in [1.54, 1.807) is 24.7 Å². The van der Waals surface area contributed by atoms with Gasteiger partial charge in [0, 0.05) is 44.8 Å². The number of likely N-dealkylation sites (tertiary alicyclic amines) is 2. The van der Waals surface area contributed by atoms with E-state index >= 15 is 0 Å². The van der Waals surface area contributed by atoms with Crippen LogP contribution in [0.2, 0.25) is 0 Å². The third-order valence-corrected chi connectivity index (χ3v) is 5.05. The van der Waals surface area contributed by atoms with Gasteiger partial charge >= 0.3 is 0 Å². The van der Waals surface area contributed by atoms with Crippen molar-refractivity contribution in [2.75, 3.05) is 19.6 Å². The Morgan fingerprint density at radius 2 is 2.21 bits per heavy atom. The maximum Gasteiger partial charge on any atom is 0.270 e. The van der Waals surface area contributed by atoms with Crippen LogP contribution < -0.4 is 0 Å². The third kappa shape index (κ3) is 2.68. The molecule has 2 aromatic heterocycles. The SMILES string of the molecule is O=C(c1ccc[nH]1)N1CC2CCN(Cc3cccnc3)C(=O)C2C1. The number of rotatable bonds is 3. The molecule has 6 heteroatoms. The lowest BCUT2D eigenvalue weighted by Crippen LogP contribution is -2.44. The van der Waals surface area contributed by atoms with Crippen molar-refractivity contribution in [1.82, 2.24) is 19.8 Å². The molecule has 2 fully saturated rings. The van der Waals surface area contributed by atoms with Gasteiger partial charge in [-0.2, -0.15) is 0 Å². The number of fused-ring (bicyclic) bond motifs is 1. The summed E-state index contributed by atoms with van der Waals surface area (Å²) in [5, 5.41) is 0. The molecular weight excluding hydrogens is 304 g/mol. The summed E-state index contributed by atoms with van der Waals surface area (Å²) in [7, 11) is 0. The maximum absolute atomic E-state index is 12.8. The normalized spacial score (nSPS) is 23.4. The van der Waals surface area contributed by atoms with Crippen molar-refractivity contribution in [3.63, 3.8) is 0 Å². The Balaban J connectivity index is 1.44. The highest BCUT2D eigenvalue weighted by Crippen LogP contribution is 2.33. The number of aromatic amines is 1. The van der Waals surface area contributed by atoms with Gasteiger partial charge in [-0.15, -0.1) is 0 Å². The number of H-pyrrole nitrogens is 1. The van der Waals surface area contributed by atoms with Crippen LogP contribution in [-0.2, 0) is 11.3 Å². The predicted molar refractivity (Wildman–Crippen MR) is 87.9 cm³/mol. The molecule has 0 radical (unpaired) electrons. The lowest BCUT2D eigenvalue weighted by molar-refractivity contribution is -0.140. The number of hydrogen-bond donors (Lipinski definition) is 1. The molecule has 2 aliphatic rings. The summed E-state index contributed by atoms with van der Waals surface area (Å²) >= 11 is 0. The molecule has 4 heterocycles. The van der Waals surface area contributed by atoms with Crippen LogP contribution in [0.25, 0.3) is 0 Å². The number of amides is 2. The Bertz CT molecular complexity index is 729. The van der Waals surface area contributed by atoms with Gasteiger partial charge in [-0.05, 0) is 36.1 Å². The van der Waals surface area contributed by atoms with E-state index in [9.17, 15) is 9.59 Å². The fourth-order valence-corrected chi connectivity index (χ4v) is 3.78. The van der Waals surface area contributed by atoms with Crippen molar-refractivity contribution in [1.29, 1.82) is 0 Å². The van der Waals surface area contributed by atoms with E-state index in [4.69, 9.17) is 0 Å². The zero-order valence-corrected chi connectivity index (χ0v) is 13.4. The number of nitrogens with zero attached hydrogens (tertiary/aromatic N) is 3. The Morgan fingerprint density at radius 1 is 1.29 bits per heavy atom. The van der Waals surface area contributed by atoms with Crippen LogP contribution in [0.4, 0.5) is 0 Å². The predicted octanol–water partition coefficient (Wildman–Crippen LogP) is 1.53. The Labute approximate surface area is 140 Å². The first-order chi connectivity index (χ1) is 11.7. The molecule has 0 aromatic carbocycles. The second kappa shape index (κ2) is 6.11.